The highest BCUT2D eigenvalue weighted by atomic mass is 35.5. The van der Waals surface area contributed by atoms with Crippen LogP contribution in [0.3, 0.4) is 0 Å². The number of fused-ring (bicyclic) bond motifs is 1. The lowest BCUT2D eigenvalue weighted by atomic mass is 9.98. The van der Waals surface area contributed by atoms with Crippen molar-refractivity contribution in [2.45, 2.75) is 32.9 Å². The highest BCUT2D eigenvalue weighted by Gasteiger charge is 2.45. The molecule has 6 nitrogen and oxygen atoms in total. The molecule has 0 unspecified atom stereocenters. The number of carbonyl (C=O) groups excluding carboxylic acids is 2. The maximum atomic E-state index is 15.5. The van der Waals surface area contributed by atoms with Crippen molar-refractivity contribution in [2.24, 2.45) is 0 Å². The second kappa shape index (κ2) is 10.6. The summed E-state index contributed by atoms with van der Waals surface area (Å²) in [5.41, 5.74) is 4.68. The lowest BCUT2D eigenvalue weighted by molar-refractivity contribution is 0.0961. The minimum absolute atomic E-state index is 0.0726. The van der Waals surface area contributed by atoms with Gasteiger partial charge in [0, 0.05) is 29.2 Å². The van der Waals surface area contributed by atoms with Crippen LogP contribution < -0.4 is 15.0 Å². The molecule has 1 N–H and O–H groups in total. The maximum Gasteiger partial charge on any atom is 0.261 e. The summed E-state index contributed by atoms with van der Waals surface area (Å²) in [6.45, 7) is 5.94. The number of anilines is 1. The van der Waals surface area contributed by atoms with Crippen LogP contribution in [0.2, 0.25) is 10.0 Å². The number of hydrogen-bond donors (Lipinski definition) is 1. The topological polar surface area (TPSA) is 63.6 Å². The molecule has 0 spiro atoms. The first-order chi connectivity index (χ1) is 19.1. The highest BCUT2D eigenvalue weighted by Crippen LogP contribution is 2.49. The first-order valence-corrected chi connectivity index (χ1v) is 13.5. The largest absolute Gasteiger partial charge is 0.496 e. The van der Waals surface area contributed by atoms with Crippen molar-refractivity contribution < 1.29 is 18.7 Å². The van der Waals surface area contributed by atoms with Gasteiger partial charge in [0.25, 0.3) is 11.8 Å². The van der Waals surface area contributed by atoms with Crippen molar-refractivity contribution in [1.82, 2.24) is 9.88 Å². The molecule has 1 aliphatic heterocycles. The molecule has 1 aliphatic rings. The number of halogens is 3. The van der Waals surface area contributed by atoms with Gasteiger partial charge in [-0.15, -0.1) is 0 Å². The molecule has 0 radical (unpaired) electrons. The standard InChI is InChI=1S/C31H28Cl2FN3O3/c1-16(2)36-25(21-14-18(30(38)35-4)9-12-26(21)40-5)15-22-29(36)28(20-11-10-19(32)13-17(20)3)37(31(22)39)24-8-6-7-23(33)27(24)34/h6-16,28H,1-5H3,(H,35,38)/t28-/m1/s1. The van der Waals surface area contributed by atoms with Gasteiger partial charge in [0.05, 0.1) is 34.8 Å². The molecular weight excluding hydrogens is 552 g/mol. The fourth-order valence-electron chi connectivity index (χ4n) is 5.48. The number of carbonyl (C=O) groups is 2. The number of rotatable bonds is 6. The summed E-state index contributed by atoms with van der Waals surface area (Å²) in [5, 5.41) is 3.13. The van der Waals surface area contributed by atoms with Crippen molar-refractivity contribution in [3.05, 3.63) is 104 Å². The first kappa shape index (κ1) is 27.7. The van der Waals surface area contributed by atoms with Crippen molar-refractivity contribution in [3.63, 3.8) is 0 Å². The summed E-state index contributed by atoms with van der Waals surface area (Å²) in [6.07, 6.45) is 0. The second-order valence-electron chi connectivity index (χ2n) is 9.94. The lowest BCUT2D eigenvalue weighted by Crippen LogP contribution is -2.31. The van der Waals surface area contributed by atoms with E-state index in [2.05, 4.69) is 9.88 Å². The Hall–Kier alpha value is -3.81. The zero-order valence-corrected chi connectivity index (χ0v) is 24.2. The zero-order chi connectivity index (χ0) is 28.9. The summed E-state index contributed by atoms with van der Waals surface area (Å²) < 4.78 is 23.2. The van der Waals surface area contributed by atoms with E-state index >= 15 is 4.39 Å². The van der Waals surface area contributed by atoms with Crippen LogP contribution in [0.25, 0.3) is 11.3 Å². The number of ether oxygens (including phenoxy) is 1. The lowest BCUT2D eigenvalue weighted by Gasteiger charge is -2.30. The van der Waals surface area contributed by atoms with Gasteiger partial charge in [-0.05, 0) is 80.4 Å². The van der Waals surface area contributed by atoms with Crippen LogP contribution in [0.1, 0.15) is 63.5 Å². The van der Waals surface area contributed by atoms with Crippen molar-refractivity contribution in [1.29, 1.82) is 0 Å². The predicted octanol–water partition coefficient (Wildman–Crippen LogP) is 7.61. The maximum absolute atomic E-state index is 15.5. The quantitative estimate of drug-likeness (QED) is 0.255. The van der Waals surface area contributed by atoms with Gasteiger partial charge in [0.15, 0.2) is 5.82 Å². The number of methoxy groups -OCH3 is 1. The molecule has 2 heterocycles. The molecule has 3 aromatic carbocycles. The molecule has 0 saturated heterocycles. The van der Waals surface area contributed by atoms with E-state index in [9.17, 15) is 9.59 Å². The molecule has 40 heavy (non-hydrogen) atoms. The minimum atomic E-state index is -0.671. The fourth-order valence-corrected chi connectivity index (χ4v) is 5.87. The van der Waals surface area contributed by atoms with E-state index in [1.807, 2.05) is 32.9 Å². The summed E-state index contributed by atoms with van der Waals surface area (Å²) in [5.74, 6) is -0.726. The summed E-state index contributed by atoms with van der Waals surface area (Å²) >= 11 is 12.5. The summed E-state index contributed by atoms with van der Waals surface area (Å²) in [6, 6.07) is 16.3. The van der Waals surface area contributed by atoms with Gasteiger partial charge >= 0.3 is 0 Å². The van der Waals surface area contributed by atoms with E-state index in [-0.39, 0.29) is 28.6 Å². The smallest absolute Gasteiger partial charge is 0.261 e. The number of hydrogen-bond acceptors (Lipinski definition) is 3. The van der Waals surface area contributed by atoms with Gasteiger partial charge in [-0.25, -0.2) is 4.39 Å². The second-order valence-corrected chi connectivity index (χ2v) is 10.8. The normalized spacial score (nSPS) is 14.6. The van der Waals surface area contributed by atoms with Gasteiger partial charge in [0.1, 0.15) is 11.8 Å². The zero-order valence-electron chi connectivity index (χ0n) is 22.7. The molecule has 1 aromatic heterocycles. The van der Waals surface area contributed by atoms with Crippen LogP contribution >= 0.6 is 23.2 Å². The number of nitrogens with zero attached hydrogens (tertiary/aromatic N) is 2. The first-order valence-electron chi connectivity index (χ1n) is 12.8. The Balaban J connectivity index is 1.83. The Labute approximate surface area is 242 Å². The van der Waals surface area contributed by atoms with E-state index in [1.165, 1.54) is 11.0 Å². The Morgan fingerprint density at radius 1 is 1.05 bits per heavy atom. The van der Waals surface area contributed by atoms with E-state index in [1.54, 1.807) is 56.6 Å². The molecule has 0 bridgehead atoms. The van der Waals surface area contributed by atoms with E-state index < -0.39 is 11.9 Å². The van der Waals surface area contributed by atoms with Crippen LogP contribution in [0.15, 0.2) is 60.7 Å². The molecule has 1 atom stereocenters. The van der Waals surface area contributed by atoms with Crippen molar-refractivity contribution in [2.75, 3.05) is 19.1 Å². The van der Waals surface area contributed by atoms with Crippen molar-refractivity contribution in [3.8, 4) is 17.0 Å². The van der Waals surface area contributed by atoms with Gasteiger partial charge in [-0.1, -0.05) is 35.3 Å². The molecule has 9 heteroatoms. The average molecular weight is 580 g/mol. The van der Waals surface area contributed by atoms with Gasteiger partial charge in [0.2, 0.25) is 0 Å². The van der Waals surface area contributed by atoms with Gasteiger partial charge in [-0.3, -0.25) is 14.5 Å². The predicted molar refractivity (Wildman–Crippen MR) is 156 cm³/mol. The molecule has 0 fully saturated rings. The average Bonchev–Trinajstić information content (AvgIpc) is 3.45. The van der Waals surface area contributed by atoms with Crippen molar-refractivity contribution >= 4 is 40.7 Å². The summed E-state index contributed by atoms with van der Waals surface area (Å²) in [4.78, 5) is 28.2. The third-order valence-electron chi connectivity index (χ3n) is 7.24. The highest BCUT2D eigenvalue weighted by molar-refractivity contribution is 6.31. The van der Waals surface area contributed by atoms with E-state index in [4.69, 9.17) is 27.9 Å². The van der Waals surface area contributed by atoms with E-state index in [0.29, 0.717) is 38.9 Å². The van der Waals surface area contributed by atoms with Crippen LogP contribution in [0.4, 0.5) is 10.1 Å². The summed E-state index contributed by atoms with van der Waals surface area (Å²) in [7, 11) is 3.13. The van der Waals surface area contributed by atoms with Gasteiger partial charge < -0.3 is 14.6 Å². The molecule has 5 rings (SSSR count). The third kappa shape index (κ3) is 4.43. The molecule has 0 saturated carbocycles. The van der Waals surface area contributed by atoms with Gasteiger partial charge in [-0.2, -0.15) is 0 Å². The molecule has 206 valence electrons. The number of benzene rings is 3. The monoisotopic (exact) mass is 579 g/mol. The fraction of sp³-hybridized carbons (Fsp3) is 0.226. The molecule has 0 aliphatic carbocycles. The molecule has 4 aromatic rings. The van der Waals surface area contributed by atoms with Crippen LogP contribution in [0.5, 0.6) is 5.75 Å². The number of aromatic nitrogens is 1. The van der Waals surface area contributed by atoms with Crippen LogP contribution in [-0.4, -0.2) is 30.5 Å². The Kier molecular flexibility index (Phi) is 7.38. The van der Waals surface area contributed by atoms with E-state index in [0.717, 1.165) is 11.1 Å². The SMILES string of the molecule is CNC(=O)c1ccc(OC)c(-c2cc3c(n2C(C)C)[C@@H](c2ccc(Cl)cc2C)N(c2cccc(Cl)c2F)C3=O)c1. The Bertz CT molecular complexity index is 1660. The third-order valence-corrected chi connectivity index (χ3v) is 7.77. The number of aryl methyl sites for hydroxylation is 1. The number of amides is 2. The Morgan fingerprint density at radius 2 is 1.80 bits per heavy atom. The van der Waals surface area contributed by atoms with Crippen LogP contribution in [0, 0.1) is 12.7 Å². The van der Waals surface area contributed by atoms with Crippen LogP contribution in [-0.2, 0) is 0 Å². The molecular formula is C31H28Cl2FN3O3. The Morgan fingerprint density at radius 3 is 2.45 bits per heavy atom. The minimum Gasteiger partial charge on any atom is -0.496 e. The molecule has 2 amide bonds. The number of nitrogens with one attached hydrogen (secondary N) is 1.